The molecule has 2 heterocycles. The summed E-state index contributed by atoms with van der Waals surface area (Å²) in [7, 11) is 1.96. The van der Waals surface area contributed by atoms with Crippen molar-refractivity contribution in [3.05, 3.63) is 65.2 Å². The zero-order valence-corrected chi connectivity index (χ0v) is 15.4. The van der Waals surface area contributed by atoms with Crippen LogP contribution in [0.15, 0.2) is 42.7 Å². The highest BCUT2D eigenvalue weighted by atomic mass is 16.1. The lowest BCUT2D eigenvalue weighted by molar-refractivity contribution is 0.0932. The van der Waals surface area contributed by atoms with E-state index in [-0.39, 0.29) is 11.9 Å². The molecular weight excluding hydrogens is 340 g/mol. The van der Waals surface area contributed by atoms with Gasteiger partial charge in [0, 0.05) is 36.4 Å². The number of hydrogen-bond acceptors (Lipinski definition) is 5. The molecule has 27 heavy (non-hydrogen) atoms. The lowest BCUT2D eigenvalue weighted by Crippen LogP contribution is -2.31. The van der Waals surface area contributed by atoms with Gasteiger partial charge in [-0.25, -0.2) is 9.97 Å². The number of hydrogen-bond donors (Lipinski definition) is 2. The van der Waals surface area contributed by atoms with Gasteiger partial charge in [0.2, 0.25) is 5.95 Å². The van der Waals surface area contributed by atoms with Crippen LogP contribution in [0, 0.1) is 6.92 Å². The first-order chi connectivity index (χ1) is 13.1. The first-order valence-corrected chi connectivity index (χ1v) is 9.09. The first kappa shape index (κ1) is 17.2. The van der Waals surface area contributed by atoms with Gasteiger partial charge in [0.05, 0.1) is 17.3 Å². The lowest BCUT2D eigenvalue weighted by Gasteiger charge is -2.24. The van der Waals surface area contributed by atoms with Crippen molar-refractivity contribution in [2.75, 3.05) is 5.32 Å². The van der Waals surface area contributed by atoms with Crippen LogP contribution in [0.5, 0.6) is 0 Å². The number of rotatable bonds is 4. The third-order valence-corrected chi connectivity index (χ3v) is 4.90. The maximum atomic E-state index is 12.7. The van der Waals surface area contributed by atoms with Gasteiger partial charge in [-0.1, -0.05) is 18.2 Å². The van der Waals surface area contributed by atoms with Gasteiger partial charge in [-0.15, -0.1) is 0 Å². The summed E-state index contributed by atoms with van der Waals surface area (Å²) in [6, 6.07) is 9.66. The van der Waals surface area contributed by atoms with E-state index >= 15 is 0 Å². The number of aryl methyl sites for hydroxylation is 2. The molecule has 0 aliphatic heterocycles. The summed E-state index contributed by atoms with van der Waals surface area (Å²) >= 11 is 0. The molecule has 0 fully saturated rings. The van der Waals surface area contributed by atoms with Gasteiger partial charge in [0.15, 0.2) is 0 Å². The van der Waals surface area contributed by atoms with Crippen LogP contribution in [0.25, 0.3) is 0 Å². The Balaban J connectivity index is 1.46. The van der Waals surface area contributed by atoms with Crippen LogP contribution in [0.3, 0.4) is 0 Å². The summed E-state index contributed by atoms with van der Waals surface area (Å²) in [4.78, 5) is 21.2. The maximum Gasteiger partial charge on any atom is 0.254 e. The van der Waals surface area contributed by atoms with E-state index in [0.29, 0.717) is 11.5 Å². The molecule has 1 atom stereocenters. The SMILES string of the molecule is Cc1nn(C)c2c1C(NC(=O)c1cnc(Nc3ccccc3)nc1)CCC2. The third kappa shape index (κ3) is 3.53. The summed E-state index contributed by atoms with van der Waals surface area (Å²) in [5.74, 6) is 0.295. The number of amides is 1. The second kappa shape index (κ2) is 7.19. The minimum absolute atomic E-state index is 0.0166. The fourth-order valence-corrected chi connectivity index (χ4v) is 3.64. The van der Waals surface area contributed by atoms with Gasteiger partial charge in [0.25, 0.3) is 5.91 Å². The summed E-state index contributed by atoms with van der Waals surface area (Å²) in [5, 5.41) is 10.7. The lowest BCUT2D eigenvalue weighted by atomic mass is 9.91. The van der Waals surface area contributed by atoms with E-state index in [4.69, 9.17) is 0 Å². The van der Waals surface area contributed by atoms with E-state index in [0.717, 1.165) is 36.2 Å². The molecule has 1 unspecified atom stereocenters. The van der Waals surface area contributed by atoms with E-state index in [1.807, 2.05) is 49.0 Å². The average Bonchev–Trinajstić information content (AvgIpc) is 2.98. The smallest absolute Gasteiger partial charge is 0.254 e. The van der Waals surface area contributed by atoms with Crippen LogP contribution in [-0.2, 0) is 13.5 Å². The van der Waals surface area contributed by atoms with Gasteiger partial charge in [-0.3, -0.25) is 9.48 Å². The standard InChI is InChI=1S/C20H22N6O/c1-13-18-16(9-6-10-17(18)26(2)25-13)24-19(27)14-11-21-20(22-12-14)23-15-7-4-3-5-8-15/h3-5,7-8,11-12,16H,6,9-10H2,1-2H3,(H,24,27)(H,21,22,23). The van der Waals surface area contributed by atoms with Crippen LogP contribution in [0.1, 0.15) is 46.2 Å². The largest absolute Gasteiger partial charge is 0.345 e. The number of benzene rings is 1. The molecule has 0 saturated heterocycles. The Morgan fingerprint density at radius 1 is 1.19 bits per heavy atom. The molecule has 7 nitrogen and oxygen atoms in total. The molecule has 7 heteroatoms. The summed E-state index contributed by atoms with van der Waals surface area (Å²) in [6.07, 6.45) is 6.05. The number of nitrogens with one attached hydrogen (secondary N) is 2. The van der Waals surface area contributed by atoms with Crippen LogP contribution in [0.4, 0.5) is 11.6 Å². The number of aromatic nitrogens is 4. The Labute approximate surface area is 157 Å². The van der Waals surface area contributed by atoms with Crippen LogP contribution in [0.2, 0.25) is 0 Å². The molecule has 2 N–H and O–H groups in total. The van der Waals surface area contributed by atoms with Crippen molar-refractivity contribution < 1.29 is 4.79 Å². The number of carbonyl (C=O) groups is 1. The summed E-state index contributed by atoms with van der Waals surface area (Å²) in [5.41, 5.74) is 4.69. The zero-order chi connectivity index (χ0) is 18.8. The van der Waals surface area contributed by atoms with E-state index in [1.54, 1.807) is 12.4 Å². The molecule has 1 aliphatic rings. The van der Waals surface area contributed by atoms with Gasteiger partial charge >= 0.3 is 0 Å². The summed E-state index contributed by atoms with van der Waals surface area (Å²) < 4.78 is 1.93. The predicted octanol–water partition coefficient (Wildman–Crippen LogP) is 3.07. The average molecular weight is 362 g/mol. The van der Waals surface area contributed by atoms with Crippen LogP contribution < -0.4 is 10.6 Å². The zero-order valence-electron chi connectivity index (χ0n) is 15.4. The quantitative estimate of drug-likeness (QED) is 0.745. The molecule has 1 aromatic carbocycles. The van der Waals surface area contributed by atoms with Crippen molar-refractivity contribution >= 4 is 17.5 Å². The Morgan fingerprint density at radius 3 is 2.67 bits per heavy atom. The predicted molar refractivity (Wildman–Crippen MR) is 103 cm³/mol. The highest BCUT2D eigenvalue weighted by Gasteiger charge is 2.27. The van der Waals surface area contributed by atoms with Crippen molar-refractivity contribution in [2.45, 2.75) is 32.2 Å². The molecule has 1 aliphatic carbocycles. The van der Waals surface area contributed by atoms with Gasteiger partial charge in [0.1, 0.15) is 0 Å². The van der Waals surface area contributed by atoms with Crippen molar-refractivity contribution in [1.29, 1.82) is 0 Å². The van der Waals surface area contributed by atoms with E-state index in [2.05, 4.69) is 25.7 Å². The second-order valence-electron chi connectivity index (χ2n) is 6.77. The fraction of sp³-hybridized carbons (Fsp3) is 0.300. The Morgan fingerprint density at radius 2 is 1.93 bits per heavy atom. The monoisotopic (exact) mass is 362 g/mol. The number of nitrogens with zero attached hydrogens (tertiary/aromatic N) is 4. The van der Waals surface area contributed by atoms with Crippen molar-refractivity contribution in [2.24, 2.45) is 7.05 Å². The Hall–Kier alpha value is -3.22. The number of anilines is 2. The molecule has 4 rings (SSSR count). The highest BCUT2D eigenvalue weighted by Crippen LogP contribution is 2.32. The Kier molecular flexibility index (Phi) is 4.58. The van der Waals surface area contributed by atoms with E-state index < -0.39 is 0 Å². The number of para-hydroxylation sites is 1. The summed E-state index contributed by atoms with van der Waals surface area (Å²) in [6.45, 7) is 2.00. The van der Waals surface area contributed by atoms with Crippen LogP contribution in [-0.4, -0.2) is 25.7 Å². The number of carbonyl (C=O) groups excluding carboxylic acids is 1. The third-order valence-electron chi connectivity index (χ3n) is 4.90. The second-order valence-corrected chi connectivity index (χ2v) is 6.77. The fourth-order valence-electron chi connectivity index (χ4n) is 3.64. The van der Waals surface area contributed by atoms with Gasteiger partial charge < -0.3 is 10.6 Å². The molecule has 1 amide bonds. The van der Waals surface area contributed by atoms with Crippen molar-refractivity contribution in [3.8, 4) is 0 Å². The normalized spacial score (nSPS) is 15.9. The molecule has 0 spiro atoms. The maximum absolute atomic E-state index is 12.7. The van der Waals surface area contributed by atoms with E-state index in [1.165, 1.54) is 5.69 Å². The molecule has 2 aromatic heterocycles. The molecule has 0 radical (unpaired) electrons. The molecular formula is C20H22N6O. The minimum Gasteiger partial charge on any atom is -0.345 e. The molecule has 0 bridgehead atoms. The topological polar surface area (TPSA) is 84.7 Å². The number of fused-ring (bicyclic) bond motifs is 1. The molecule has 138 valence electrons. The van der Waals surface area contributed by atoms with Crippen molar-refractivity contribution in [3.63, 3.8) is 0 Å². The minimum atomic E-state index is -0.164. The Bertz CT molecular complexity index is 949. The van der Waals surface area contributed by atoms with Crippen molar-refractivity contribution in [1.82, 2.24) is 25.1 Å². The van der Waals surface area contributed by atoms with Gasteiger partial charge in [-0.2, -0.15) is 5.10 Å². The van der Waals surface area contributed by atoms with E-state index in [9.17, 15) is 4.79 Å². The van der Waals surface area contributed by atoms with Crippen LogP contribution >= 0.6 is 0 Å². The first-order valence-electron chi connectivity index (χ1n) is 9.09. The van der Waals surface area contributed by atoms with Gasteiger partial charge in [-0.05, 0) is 38.3 Å². The highest BCUT2D eigenvalue weighted by molar-refractivity contribution is 5.94. The molecule has 3 aromatic rings. The molecule has 0 saturated carbocycles.